The second kappa shape index (κ2) is 7.60. The molecule has 0 aliphatic carbocycles. The lowest BCUT2D eigenvalue weighted by atomic mass is 10.0. The Kier molecular flexibility index (Phi) is 5.01. The molecule has 0 bridgehead atoms. The SMILES string of the molecule is COc1ccc(-c2nc3cc(C)ccc3cc2CN2CCNC(=O)[C@H]2C)cc1. The predicted molar refractivity (Wildman–Crippen MR) is 111 cm³/mol. The van der Waals surface area contributed by atoms with Gasteiger partial charge in [0, 0.05) is 30.6 Å². The van der Waals surface area contributed by atoms with E-state index in [0.717, 1.165) is 40.0 Å². The van der Waals surface area contributed by atoms with Gasteiger partial charge in [0.05, 0.1) is 24.4 Å². The third-order valence-corrected chi connectivity index (χ3v) is 5.41. The van der Waals surface area contributed by atoms with Gasteiger partial charge in [-0.15, -0.1) is 0 Å². The maximum Gasteiger partial charge on any atom is 0.237 e. The normalized spacial score (nSPS) is 17.5. The molecular weight excluding hydrogens is 350 g/mol. The molecule has 1 amide bonds. The van der Waals surface area contributed by atoms with Crippen LogP contribution in [0.5, 0.6) is 5.75 Å². The van der Waals surface area contributed by atoms with E-state index in [4.69, 9.17) is 9.72 Å². The van der Waals surface area contributed by atoms with Gasteiger partial charge in [-0.3, -0.25) is 9.69 Å². The van der Waals surface area contributed by atoms with Gasteiger partial charge in [-0.2, -0.15) is 0 Å². The van der Waals surface area contributed by atoms with Crippen LogP contribution in [0.1, 0.15) is 18.1 Å². The number of ether oxygens (including phenoxy) is 1. The van der Waals surface area contributed by atoms with E-state index >= 15 is 0 Å². The van der Waals surface area contributed by atoms with Crippen LogP contribution in [0.15, 0.2) is 48.5 Å². The first-order chi connectivity index (χ1) is 13.5. The molecule has 28 heavy (non-hydrogen) atoms. The number of aromatic nitrogens is 1. The van der Waals surface area contributed by atoms with E-state index in [0.29, 0.717) is 13.1 Å². The van der Waals surface area contributed by atoms with E-state index < -0.39 is 0 Å². The highest BCUT2D eigenvalue weighted by Crippen LogP contribution is 2.29. The van der Waals surface area contributed by atoms with Crippen LogP contribution in [0.3, 0.4) is 0 Å². The van der Waals surface area contributed by atoms with Crippen molar-refractivity contribution in [3.05, 3.63) is 59.7 Å². The average molecular weight is 375 g/mol. The number of aryl methyl sites for hydroxylation is 1. The lowest BCUT2D eigenvalue weighted by Crippen LogP contribution is -2.53. The number of fused-ring (bicyclic) bond motifs is 1. The number of carbonyl (C=O) groups is 1. The molecule has 1 fully saturated rings. The molecule has 1 aromatic heterocycles. The molecule has 2 aromatic carbocycles. The summed E-state index contributed by atoms with van der Waals surface area (Å²) in [4.78, 5) is 19.3. The zero-order valence-electron chi connectivity index (χ0n) is 16.5. The molecule has 1 aliphatic rings. The van der Waals surface area contributed by atoms with Crippen molar-refractivity contribution in [2.24, 2.45) is 0 Å². The number of pyridine rings is 1. The van der Waals surface area contributed by atoms with Gasteiger partial charge in [0.15, 0.2) is 0 Å². The van der Waals surface area contributed by atoms with Crippen molar-refractivity contribution in [3.8, 4) is 17.0 Å². The van der Waals surface area contributed by atoms with Crippen molar-refractivity contribution in [1.29, 1.82) is 0 Å². The van der Waals surface area contributed by atoms with Gasteiger partial charge in [0.2, 0.25) is 5.91 Å². The summed E-state index contributed by atoms with van der Waals surface area (Å²) in [6, 6.07) is 16.4. The largest absolute Gasteiger partial charge is 0.497 e. The smallest absolute Gasteiger partial charge is 0.237 e. The minimum Gasteiger partial charge on any atom is -0.497 e. The Morgan fingerprint density at radius 1 is 1.18 bits per heavy atom. The van der Waals surface area contributed by atoms with Crippen LogP contribution in [0.2, 0.25) is 0 Å². The van der Waals surface area contributed by atoms with Crippen LogP contribution in [-0.4, -0.2) is 42.0 Å². The number of benzene rings is 2. The summed E-state index contributed by atoms with van der Waals surface area (Å²) in [5.74, 6) is 0.907. The summed E-state index contributed by atoms with van der Waals surface area (Å²) < 4.78 is 5.30. The first-order valence-corrected chi connectivity index (χ1v) is 9.61. The van der Waals surface area contributed by atoms with E-state index in [1.807, 2.05) is 31.2 Å². The minimum absolute atomic E-state index is 0.0848. The molecule has 1 N–H and O–H groups in total. The first kappa shape index (κ1) is 18.4. The van der Waals surface area contributed by atoms with Crippen molar-refractivity contribution >= 4 is 16.8 Å². The molecule has 3 aromatic rings. The number of hydrogen-bond acceptors (Lipinski definition) is 4. The molecule has 144 valence electrons. The Labute approximate surface area is 165 Å². The molecular formula is C23H25N3O2. The summed E-state index contributed by atoms with van der Waals surface area (Å²) >= 11 is 0. The molecule has 5 nitrogen and oxygen atoms in total. The highest BCUT2D eigenvalue weighted by atomic mass is 16.5. The molecule has 1 aliphatic heterocycles. The highest BCUT2D eigenvalue weighted by Gasteiger charge is 2.26. The van der Waals surface area contributed by atoms with Crippen molar-refractivity contribution in [2.45, 2.75) is 26.4 Å². The summed E-state index contributed by atoms with van der Waals surface area (Å²) in [6.07, 6.45) is 0. The van der Waals surface area contributed by atoms with Crippen LogP contribution in [-0.2, 0) is 11.3 Å². The third kappa shape index (κ3) is 3.58. The van der Waals surface area contributed by atoms with Crippen LogP contribution >= 0.6 is 0 Å². The number of rotatable bonds is 4. The van der Waals surface area contributed by atoms with E-state index in [1.165, 1.54) is 5.56 Å². The van der Waals surface area contributed by atoms with Crippen LogP contribution in [0.4, 0.5) is 0 Å². The Balaban J connectivity index is 1.80. The second-order valence-corrected chi connectivity index (χ2v) is 7.36. The lowest BCUT2D eigenvalue weighted by Gasteiger charge is -2.33. The predicted octanol–water partition coefficient (Wildman–Crippen LogP) is 3.54. The topological polar surface area (TPSA) is 54.5 Å². The zero-order valence-corrected chi connectivity index (χ0v) is 16.5. The number of carbonyl (C=O) groups excluding carboxylic acids is 1. The van der Waals surface area contributed by atoms with Gasteiger partial charge in [-0.25, -0.2) is 4.98 Å². The zero-order chi connectivity index (χ0) is 19.7. The Hall–Kier alpha value is -2.92. The summed E-state index contributed by atoms with van der Waals surface area (Å²) in [6.45, 7) is 6.24. The molecule has 0 unspecified atom stereocenters. The maximum absolute atomic E-state index is 12.1. The number of piperazine rings is 1. The Morgan fingerprint density at radius 3 is 2.71 bits per heavy atom. The van der Waals surface area contributed by atoms with E-state index in [9.17, 15) is 4.79 Å². The van der Waals surface area contributed by atoms with E-state index in [1.54, 1.807) is 7.11 Å². The number of nitrogens with zero attached hydrogens (tertiary/aromatic N) is 2. The fourth-order valence-corrected chi connectivity index (χ4v) is 3.70. The fraction of sp³-hybridized carbons (Fsp3) is 0.304. The van der Waals surface area contributed by atoms with Crippen molar-refractivity contribution < 1.29 is 9.53 Å². The molecule has 1 atom stereocenters. The summed E-state index contributed by atoms with van der Waals surface area (Å²) in [5.41, 5.74) is 5.31. The van der Waals surface area contributed by atoms with Crippen molar-refractivity contribution in [3.63, 3.8) is 0 Å². The van der Waals surface area contributed by atoms with Gasteiger partial charge in [-0.05, 0) is 61.4 Å². The van der Waals surface area contributed by atoms with Crippen LogP contribution in [0, 0.1) is 6.92 Å². The number of hydrogen-bond donors (Lipinski definition) is 1. The van der Waals surface area contributed by atoms with E-state index in [2.05, 4.69) is 41.4 Å². The lowest BCUT2D eigenvalue weighted by molar-refractivity contribution is -0.128. The first-order valence-electron chi connectivity index (χ1n) is 9.61. The van der Waals surface area contributed by atoms with Gasteiger partial charge >= 0.3 is 0 Å². The summed E-state index contributed by atoms with van der Waals surface area (Å²) in [7, 11) is 1.67. The van der Waals surface area contributed by atoms with Crippen molar-refractivity contribution in [2.75, 3.05) is 20.2 Å². The standard InChI is InChI=1S/C23H25N3O2/c1-15-4-5-18-13-19(14-26-11-10-24-23(27)16(26)2)22(25-21(18)12-15)17-6-8-20(28-3)9-7-17/h4-9,12-13,16H,10-11,14H2,1-3H3,(H,24,27)/t16-/m1/s1. The molecule has 4 rings (SSSR count). The molecule has 0 spiro atoms. The van der Waals surface area contributed by atoms with Crippen LogP contribution in [0.25, 0.3) is 22.2 Å². The molecule has 1 saturated heterocycles. The summed E-state index contributed by atoms with van der Waals surface area (Å²) in [5, 5.41) is 4.05. The van der Waals surface area contributed by atoms with Gasteiger partial charge in [0.1, 0.15) is 5.75 Å². The monoisotopic (exact) mass is 375 g/mol. The quantitative estimate of drug-likeness (QED) is 0.758. The van der Waals surface area contributed by atoms with Gasteiger partial charge in [-0.1, -0.05) is 12.1 Å². The van der Waals surface area contributed by atoms with Crippen molar-refractivity contribution in [1.82, 2.24) is 15.2 Å². The second-order valence-electron chi connectivity index (χ2n) is 7.36. The number of methoxy groups -OCH3 is 1. The minimum atomic E-state index is -0.147. The van der Waals surface area contributed by atoms with Gasteiger partial charge < -0.3 is 10.1 Å². The number of nitrogens with one attached hydrogen (secondary N) is 1. The Bertz CT molecular complexity index is 1010. The molecule has 5 heteroatoms. The van der Waals surface area contributed by atoms with Gasteiger partial charge in [0.25, 0.3) is 0 Å². The molecule has 2 heterocycles. The Morgan fingerprint density at radius 2 is 1.96 bits per heavy atom. The van der Waals surface area contributed by atoms with Crippen LogP contribution < -0.4 is 10.1 Å². The average Bonchev–Trinajstić information content (AvgIpc) is 2.71. The highest BCUT2D eigenvalue weighted by molar-refractivity contribution is 5.84. The maximum atomic E-state index is 12.1. The number of amides is 1. The molecule has 0 radical (unpaired) electrons. The molecule has 0 saturated carbocycles. The van der Waals surface area contributed by atoms with E-state index in [-0.39, 0.29) is 11.9 Å². The fourth-order valence-electron chi connectivity index (χ4n) is 3.70. The third-order valence-electron chi connectivity index (χ3n) is 5.41.